The van der Waals surface area contributed by atoms with E-state index in [4.69, 9.17) is 10.5 Å². The van der Waals surface area contributed by atoms with Crippen LogP contribution < -0.4 is 35.3 Å². The minimum absolute atomic E-state index is 0. The Morgan fingerprint density at radius 1 is 1.00 bits per heavy atom. The molecule has 3 saturated carbocycles. The van der Waals surface area contributed by atoms with Gasteiger partial charge in [-0.05, 0) is 85.1 Å². The molecule has 0 spiro atoms. The Balaban J connectivity index is 0.000000393. The minimum Gasteiger partial charge on any atom is -0.545 e. The Labute approximate surface area is 221 Å². The number of hydrogen-bond donors (Lipinski definition) is 1. The number of carbonyl (C=O) groups excluding carboxylic acids is 1. The van der Waals surface area contributed by atoms with E-state index in [0.29, 0.717) is 10.8 Å². The van der Waals surface area contributed by atoms with Gasteiger partial charge in [0, 0.05) is 0 Å². The molecule has 176 valence electrons. The maximum absolute atomic E-state index is 7.75. The van der Waals surface area contributed by atoms with Crippen molar-refractivity contribution in [1.29, 1.82) is 0 Å². The van der Waals surface area contributed by atoms with Crippen LogP contribution in [0.3, 0.4) is 0 Å². The smallest absolute Gasteiger partial charge is 0.545 e. The van der Waals surface area contributed by atoms with E-state index in [1.807, 2.05) is 0 Å². The van der Waals surface area contributed by atoms with Crippen molar-refractivity contribution in [2.45, 2.75) is 104 Å². The molecule has 0 radical (unpaired) electrons. The first-order valence-electron chi connectivity index (χ1n) is 12.9. The average molecular weight is 450 g/mol. The molecule has 3 heteroatoms. The Kier molecular flexibility index (Phi) is 13.3. The maximum Gasteiger partial charge on any atom is 1.00 e. The first kappa shape index (κ1) is 29.9. The summed E-state index contributed by atoms with van der Waals surface area (Å²) in [5, 5.41) is 0. The summed E-state index contributed by atoms with van der Waals surface area (Å²) in [6, 6.07) is 11.4. The summed E-state index contributed by atoms with van der Waals surface area (Å²) >= 11 is 0. The first-order chi connectivity index (χ1) is 14.9. The van der Waals surface area contributed by atoms with Crippen LogP contribution in [0, 0.1) is 29.1 Å². The van der Waals surface area contributed by atoms with E-state index in [1.54, 1.807) is 5.56 Å². The van der Waals surface area contributed by atoms with E-state index in [0.717, 1.165) is 30.2 Å². The Bertz CT molecular complexity index is 623. The maximum atomic E-state index is 7.75. The molecule has 1 aromatic rings. The SMILES string of the molecule is CCCC1C(C)CC2(c3ccccc3)CC1CC(C)(C)C2.NCC1CCCCC1.[CH-]=O.[Na+]. The van der Waals surface area contributed by atoms with Crippen LogP contribution in [-0.2, 0) is 10.2 Å². The minimum atomic E-state index is 0. The molecule has 3 fully saturated rings. The predicted octanol–water partition coefficient (Wildman–Crippen LogP) is 4.46. The van der Waals surface area contributed by atoms with Gasteiger partial charge in [0.25, 0.3) is 0 Å². The molecule has 3 aliphatic carbocycles. The molecule has 4 atom stereocenters. The van der Waals surface area contributed by atoms with E-state index in [9.17, 15) is 0 Å². The van der Waals surface area contributed by atoms with Gasteiger partial charge in [-0.3, -0.25) is 6.79 Å². The van der Waals surface area contributed by atoms with Crippen molar-refractivity contribution < 1.29 is 34.4 Å². The van der Waals surface area contributed by atoms with E-state index < -0.39 is 0 Å². The van der Waals surface area contributed by atoms with Crippen molar-refractivity contribution >= 4 is 6.79 Å². The molecular weight excluding hydrogens is 401 g/mol. The van der Waals surface area contributed by atoms with Gasteiger partial charge in [-0.2, -0.15) is 0 Å². The fourth-order valence-electron chi connectivity index (χ4n) is 7.44. The van der Waals surface area contributed by atoms with Crippen LogP contribution in [0.15, 0.2) is 30.3 Å². The van der Waals surface area contributed by atoms with Crippen LogP contribution in [0.4, 0.5) is 0 Å². The quantitative estimate of drug-likeness (QED) is 0.419. The number of nitrogens with two attached hydrogens (primary N) is 1. The first-order valence-corrected chi connectivity index (χ1v) is 12.9. The molecule has 4 rings (SSSR count). The van der Waals surface area contributed by atoms with Crippen molar-refractivity contribution in [2.75, 3.05) is 6.54 Å². The predicted molar refractivity (Wildman–Crippen MR) is 134 cm³/mol. The molecule has 4 unspecified atom stereocenters. The summed E-state index contributed by atoms with van der Waals surface area (Å²) in [5.74, 6) is 3.66. The molecule has 0 aliphatic heterocycles. The van der Waals surface area contributed by atoms with Gasteiger partial charge >= 0.3 is 29.6 Å². The third-order valence-corrected chi connectivity index (χ3v) is 8.40. The third kappa shape index (κ3) is 7.97. The second-order valence-corrected chi connectivity index (χ2v) is 11.5. The molecule has 0 aromatic heterocycles. The molecule has 2 N–H and O–H groups in total. The Hall–Kier alpha value is -0.150. The van der Waals surface area contributed by atoms with Crippen molar-refractivity contribution in [2.24, 2.45) is 34.8 Å². The number of benzene rings is 1. The van der Waals surface area contributed by atoms with Gasteiger partial charge in [0.05, 0.1) is 0 Å². The zero-order valence-electron chi connectivity index (χ0n) is 21.7. The molecule has 0 saturated heterocycles. The van der Waals surface area contributed by atoms with E-state index in [1.165, 1.54) is 70.6 Å². The molecular formula is C29H48NNaO. The van der Waals surface area contributed by atoms with Gasteiger partial charge in [-0.15, -0.1) is 0 Å². The monoisotopic (exact) mass is 449 g/mol. The van der Waals surface area contributed by atoms with Crippen LogP contribution in [0.1, 0.15) is 104 Å². The van der Waals surface area contributed by atoms with Crippen LogP contribution in [0.25, 0.3) is 0 Å². The van der Waals surface area contributed by atoms with Gasteiger partial charge in [-0.25, -0.2) is 0 Å². The van der Waals surface area contributed by atoms with Crippen LogP contribution in [-0.4, -0.2) is 13.3 Å². The molecule has 2 bridgehead atoms. The van der Waals surface area contributed by atoms with Gasteiger partial charge < -0.3 is 10.5 Å². The molecule has 3 aliphatic rings. The topological polar surface area (TPSA) is 43.1 Å². The van der Waals surface area contributed by atoms with Gasteiger partial charge in [-0.1, -0.05) is 90.1 Å². The van der Waals surface area contributed by atoms with Crippen molar-refractivity contribution in [3.8, 4) is 0 Å². The van der Waals surface area contributed by atoms with Gasteiger partial charge in [0.1, 0.15) is 0 Å². The zero-order chi connectivity index (χ0) is 22.9. The summed E-state index contributed by atoms with van der Waals surface area (Å²) in [5.41, 5.74) is 8.08. The van der Waals surface area contributed by atoms with Crippen LogP contribution >= 0.6 is 0 Å². The fourth-order valence-corrected chi connectivity index (χ4v) is 7.44. The van der Waals surface area contributed by atoms with Crippen LogP contribution in [0.5, 0.6) is 0 Å². The zero-order valence-corrected chi connectivity index (χ0v) is 23.7. The van der Waals surface area contributed by atoms with E-state index in [2.05, 4.69) is 64.8 Å². The van der Waals surface area contributed by atoms with Gasteiger partial charge in [0.15, 0.2) is 0 Å². The number of fused-ring (bicyclic) bond motifs is 2. The average Bonchev–Trinajstić information content (AvgIpc) is 2.78. The Morgan fingerprint density at radius 2 is 1.62 bits per heavy atom. The third-order valence-electron chi connectivity index (χ3n) is 8.40. The second-order valence-electron chi connectivity index (χ2n) is 11.5. The summed E-state index contributed by atoms with van der Waals surface area (Å²) in [6.45, 7) is 14.1. The second kappa shape index (κ2) is 14.3. The molecule has 0 amide bonds. The van der Waals surface area contributed by atoms with Crippen molar-refractivity contribution in [1.82, 2.24) is 0 Å². The summed E-state index contributed by atoms with van der Waals surface area (Å²) in [4.78, 5) is 7.75. The fraction of sp³-hybridized carbons (Fsp3) is 0.759. The largest absolute Gasteiger partial charge is 1.00 e. The summed E-state index contributed by atoms with van der Waals surface area (Å²) in [6.07, 6.45) is 15.5. The Morgan fingerprint density at radius 3 is 2.16 bits per heavy atom. The number of rotatable bonds is 4. The van der Waals surface area contributed by atoms with Crippen LogP contribution in [0.2, 0.25) is 0 Å². The van der Waals surface area contributed by atoms with Gasteiger partial charge in [0.2, 0.25) is 0 Å². The summed E-state index contributed by atoms with van der Waals surface area (Å²) < 4.78 is 0. The molecule has 2 nitrogen and oxygen atoms in total. The van der Waals surface area contributed by atoms with Crippen molar-refractivity contribution in [3.63, 3.8) is 0 Å². The van der Waals surface area contributed by atoms with E-state index in [-0.39, 0.29) is 29.6 Å². The standard InChI is InChI=1S/C21H32.C7H15N.CHO.Na/c1-5-9-19-16(2)12-21(18-10-7-6-8-11-18)14-17(19)13-20(3,4)15-21;8-6-7-4-2-1-3-5-7;1-2;/h6-8,10-11,16-17,19H,5,9,12-15H2,1-4H3;7H,1-6,8H2;1H;/q;;-1;+1. The summed E-state index contributed by atoms with van der Waals surface area (Å²) in [7, 11) is 0. The molecule has 0 heterocycles. The van der Waals surface area contributed by atoms with E-state index >= 15 is 0 Å². The number of hydrogen-bond acceptors (Lipinski definition) is 2. The molecule has 1 aromatic carbocycles. The van der Waals surface area contributed by atoms with Crippen molar-refractivity contribution in [3.05, 3.63) is 35.9 Å². The normalized spacial score (nSPS) is 31.1. The molecule has 32 heavy (non-hydrogen) atoms.